The molecule has 2 saturated carbocycles. The molecule has 10 heteroatoms. The molecular weight excluding hydrogens is 496 g/mol. The van der Waals surface area contributed by atoms with Crippen LogP contribution < -0.4 is 25.2 Å². The number of amides is 2. The fraction of sp³-hybridized carbons (Fsp3) is 0.448. The Morgan fingerprint density at radius 2 is 2.03 bits per heavy atom. The zero-order valence-electron chi connectivity index (χ0n) is 22.4. The van der Waals surface area contributed by atoms with Crippen molar-refractivity contribution in [2.45, 2.75) is 57.5 Å². The van der Waals surface area contributed by atoms with Crippen LogP contribution in [-0.2, 0) is 11.3 Å². The van der Waals surface area contributed by atoms with Gasteiger partial charge in [0.05, 0.1) is 37.2 Å². The lowest BCUT2D eigenvalue weighted by molar-refractivity contribution is -0.131. The number of benzene rings is 1. The van der Waals surface area contributed by atoms with Crippen LogP contribution in [0.4, 0.5) is 23.1 Å². The molecule has 2 amide bonds. The van der Waals surface area contributed by atoms with E-state index in [1.54, 1.807) is 48.7 Å². The first-order chi connectivity index (χ1) is 19.0. The molecule has 39 heavy (non-hydrogen) atoms. The van der Waals surface area contributed by atoms with Crippen LogP contribution in [0.2, 0.25) is 0 Å². The highest BCUT2D eigenvalue weighted by molar-refractivity contribution is 6.02. The lowest BCUT2D eigenvalue weighted by atomic mass is 9.67. The molecule has 204 valence electrons. The van der Waals surface area contributed by atoms with Gasteiger partial charge < -0.3 is 29.6 Å². The second-order valence-electron chi connectivity index (χ2n) is 10.8. The van der Waals surface area contributed by atoms with E-state index >= 15 is 0 Å². The smallest absolute Gasteiger partial charge is 0.251 e. The summed E-state index contributed by atoms with van der Waals surface area (Å²) in [5.74, 6) is 2.32. The molecule has 1 aromatic carbocycles. The number of carbonyl (C=O) groups is 2. The zero-order valence-corrected chi connectivity index (χ0v) is 22.4. The van der Waals surface area contributed by atoms with Crippen molar-refractivity contribution in [3.8, 4) is 5.75 Å². The van der Waals surface area contributed by atoms with Gasteiger partial charge in [-0.15, -0.1) is 0 Å². The fourth-order valence-electron chi connectivity index (χ4n) is 6.04. The van der Waals surface area contributed by atoms with Gasteiger partial charge >= 0.3 is 0 Å². The van der Waals surface area contributed by atoms with E-state index in [0.717, 1.165) is 43.6 Å². The molecule has 6 rings (SSSR count). The molecule has 0 bridgehead atoms. The number of ether oxygens (including phenoxy) is 1. The molecule has 1 spiro atoms. The van der Waals surface area contributed by atoms with Crippen molar-refractivity contribution in [3.63, 3.8) is 0 Å². The average Bonchev–Trinajstić information content (AvgIpc) is 3.64. The maximum atomic E-state index is 13.5. The van der Waals surface area contributed by atoms with Crippen molar-refractivity contribution in [1.29, 1.82) is 0 Å². The fourth-order valence-corrected chi connectivity index (χ4v) is 6.04. The van der Waals surface area contributed by atoms with Gasteiger partial charge in [0, 0.05) is 25.2 Å². The van der Waals surface area contributed by atoms with E-state index in [1.807, 2.05) is 13.1 Å². The summed E-state index contributed by atoms with van der Waals surface area (Å²) in [6.45, 7) is 1.00. The predicted octanol–water partition coefficient (Wildman–Crippen LogP) is 4.65. The maximum absolute atomic E-state index is 13.5. The van der Waals surface area contributed by atoms with Gasteiger partial charge in [-0.2, -0.15) is 4.98 Å². The van der Waals surface area contributed by atoms with Gasteiger partial charge in [0.2, 0.25) is 11.9 Å². The highest BCUT2D eigenvalue weighted by Crippen LogP contribution is 2.49. The van der Waals surface area contributed by atoms with E-state index in [-0.39, 0.29) is 17.2 Å². The molecule has 0 radical (unpaired) electrons. The second-order valence-corrected chi connectivity index (χ2v) is 10.8. The van der Waals surface area contributed by atoms with Crippen molar-refractivity contribution in [3.05, 3.63) is 54.1 Å². The first-order valence-corrected chi connectivity index (χ1v) is 13.6. The number of methoxy groups -OCH3 is 1. The molecule has 0 saturated heterocycles. The lowest BCUT2D eigenvalue weighted by Gasteiger charge is -2.44. The zero-order chi connectivity index (χ0) is 27.0. The van der Waals surface area contributed by atoms with E-state index in [1.165, 1.54) is 12.8 Å². The Bertz CT molecular complexity index is 1360. The number of anilines is 4. The van der Waals surface area contributed by atoms with Crippen molar-refractivity contribution < 1.29 is 18.7 Å². The van der Waals surface area contributed by atoms with E-state index in [2.05, 4.69) is 20.5 Å². The van der Waals surface area contributed by atoms with E-state index in [9.17, 15) is 9.59 Å². The third kappa shape index (κ3) is 4.68. The summed E-state index contributed by atoms with van der Waals surface area (Å²) in [4.78, 5) is 39.8. The van der Waals surface area contributed by atoms with Gasteiger partial charge in [-0.3, -0.25) is 9.59 Å². The van der Waals surface area contributed by atoms with Crippen LogP contribution in [0.3, 0.4) is 0 Å². The SMILES string of the molecule is COc1cc(C(=O)NCc2ccco2)ccc1Nc1ncc2c(n1)N(C1CCCC1)CC1(CCC1)C(=O)N2C. The van der Waals surface area contributed by atoms with Crippen molar-refractivity contribution in [1.82, 2.24) is 15.3 Å². The number of aromatic nitrogens is 2. The van der Waals surface area contributed by atoms with Gasteiger partial charge in [0.1, 0.15) is 17.2 Å². The number of nitrogens with zero attached hydrogens (tertiary/aromatic N) is 4. The molecule has 2 N–H and O–H groups in total. The molecule has 0 unspecified atom stereocenters. The molecule has 3 aliphatic rings. The van der Waals surface area contributed by atoms with Gasteiger partial charge in [-0.1, -0.05) is 19.3 Å². The van der Waals surface area contributed by atoms with Gasteiger partial charge in [0.25, 0.3) is 5.91 Å². The topological polar surface area (TPSA) is 113 Å². The molecule has 10 nitrogen and oxygen atoms in total. The maximum Gasteiger partial charge on any atom is 0.251 e. The van der Waals surface area contributed by atoms with Gasteiger partial charge in [-0.25, -0.2) is 4.98 Å². The Morgan fingerprint density at radius 3 is 2.72 bits per heavy atom. The number of furan rings is 1. The van der Waals surface area contributed by atoms with Crippen LogP contribution in [0.5, 0.6) is 5.75 Å². The minimum Gasteiger partial charge on any atom is -0.495 e. The molecule has 3 aromatic rings. The standard InChI is InChI=1S/C29H34N6O4/c1-34-23-17-31-28(33-25(23)35(20-7-3-4-8-20)18-29(27(34)37)12-6-13-29)32-22-11-10-19(15-24(22)38-2)26(36)30-16-21-9-5-14-39-21/h5,9-11,14-15,17,20H,3-4,6-8,12-13,16,18H2,1-2H3,(H,30,36)(H,31,32,33). The van der Waals surface area contributed by atoms with E-state index in [4.69, 9.17) is 14.1 Å². The summed E-state index contributed by atoms with van der Waals surface area (Å²) < 4.78 is 10.9. The molecule has 1 aliphatic heterocycles. The van der Waals surface area contributed by atoms with Gasteiger partial charge in [0.15, 0.2) is 5.82 Å². The summed E-state index contributed by atoms with van der Waals surface area (Å²) in [6.07, 6.45) is 10.9. The van der Waals surface area contributed by atoms with Crippen LogP contribution in [0.1, 0.15) is 61.1 Å². The van der Waals surface area contributed by atoms with E-state index < -0.39 is 0 Å². The largest absolute Gasteiger partial charge is 0.495 e. The third-order valence-electron chi connectivity index (χ3n) is 8.40. The van der Waals surface area contributed by atoms with Crippen LogP contribution >= 0.6 is 0 Å². The summed E-state index contributed by atoms with van der Waals surface area (Å²) in [5.41, 5.74) is 1.52. The molecule has 2 fully saturated rings. The quantitative estimate of drug-likeness (QED) is 0.454. The lowest BCUT2D eigenvalue weighted by Crippen LogP contribution is -2.52. The second kappa shape index (κ2) is 10.2. The van der Waals surface area contributed by atoms with Crippen LogP contribution in [0.25, 0.3) is 0 Å². The number of fused-ring (bicyclic) bond motifs is 1. The first kappa shape index (κ1) is 25.2. The number of rotatable bonds is 7. The summed E-state index contributed by atoms with van der Waals surface area (Å²) >= 11 is 0. The molecular formula is C29H34N6O4. The normalized spacial score (nSPS) is 18.5. The Labute approximate surface area is 227 Å². The van der Waals surface area contributed by atoms with Crippen LogP contribution in [-0.4, -0.2) is 48.5 Å². The molecule has 2 aliphatic carbocycles. The van der Waals surface area contributed by atoms with Crippen molar-refractivity contribution in [2.24, 2.45) is 5.41 Å². The average molecular weight is 531 g/mol. The van der Waals surface area contributed by atoms with E-state index in [0.29, 0.717) is 47.8 Å². The third-order valence-corrected chi connectivity index (χ3v) is 8.40. The monoisotopic (exact) mass is 530 g/mol. The Kier molecular flexibility index (Phi) is 6.62. The molecule has 0 atom stereocenters. The first-order valence-electron chi connectivity index (χ1n) is 13.6. The Hall–Kier alpha value is -4.08. The van der Waals surface area contributed by atoms with Gasteiger partial charge in [-0.05, 0) is 56.0 Å². The highest BCUT2D eigenvalue weighted by Gasteiger charge is 2.51. The number of nitrogens with one attached hydrogen (secondary N) is 2. The van der Waals surface area contributed by atoms with Crippen molar-refractivity contribution >= 4 is 35.0 Å². The highest BCUT2D eigenvalue weighted by atomic mass is 16.5. The summed E-state index contributed by atoms with van der Waals surface area (Å²) in [6, 6.07) is 9.15. The molecule has 2 aromatic heterocycles. The predicted molar refractivity (Wildman–Crippen MR) is 147 cm³/mol. The van der Waals surface area contributed by atoms with Crippen LogP contribution in [0.15, 0.2) is 47.2 Å². The number of hydrogen-bond acceptors (Lipinski definition) is 8. The summed E-state index contributed by atoms with van der Waals surface area (Å²) in [7, 11) is 3.40. The summed E-state index contributed by atoms with van der Waals surface area (Å²) in [5, 5.41) is 6.12. The Morgan fingerprint density at radius 1 is 1.21 bits per heavy atom. The van der Waals surface area contributed by atoms with Crippen LogP contribution in [0, 0.1) is 5.41 Å². The Balaban J connectivity index is 1.27. The minimum atomic E-state index is -0.331. The number of hydrogen-bond donors (Lipinski definition) is 2. The number of carbonyl (C=O) groups excluding carboxylic acids is 2. The minimum absolute atomic E-state index is 0.169. The molecule has 3 heterocycles. The van der Waals surface area contributed by atoms with Crippen molar-refractivity contribution in [2.75, 3.05) is 35.8 Å².